The van der Waals surface area contributed by atoms with Gasteiger partial charge in [-0.2, -0.15) is 5.10 Å². The van der Waals surface area contributed by atoms with Crippen molar-refractivity contribution in [2.45, 2.75) is 33.1 Å². The first kappa shape index (κ1) is 19.5. The summed E-state index contributed by atoms with van der Waals surface area (Å²) in [7, 11) is 0. The van der Waals surface area contributed by atoms with E-state index >= 15 is 0 Å². The summed E-state index contributed by atoms with van der Waals surface area (Å²) in [5.74, 6) is 0.197. The van der Waals surface area contributed by atoms with Crippen molar-refractivity contribution >= 4 is 46.6 Å². The van der Waals surface area contributed by atoms with Gasteiger partial charge < -0.3 is 10.6 Å². The molecular formula is C17H20Cl2N6O2. The highest BCUT2D eigenvalue weighted by molar-refractivity contribution is 6.42. The number of aromatic nitrogens is 2. The monoisotopic (exact) mass is 410 g/mol. The van der Waals surface area contributed by atoms with Gasteiger partial charge in [0.1, 0.15) is 5.82 Å². The fourth-order valence-corrected chi connectivity index (χ4v) is 3.02. The lowest BCUT2D eigenvalue weighted by molar-refractivity contribution is -0.130. The molecule has 3 unspecified atom stereocenters. The molecule has 2 aromatic rings. The van der Waals surface area contributed by atoms with Gasteiger partial charge in [0.25, 0.3) is 0 Å². The summed E-state index contributed by atoms with van der Waals surface area (Å²) in [6, 6.07) is 5.99. The Morgan fingerprint density at radius 1 is 1.19 bits per heavy atom. The molecule has 0 spiro atoms. The van der Waals surface area contributed by atoms with Crippen LogP contribution >= 0.6 is 23.2 Å². The maximum absolute atomic E-state index is 12.4. The van der Waals surface area contributed by atoms with Gasteiger partial charge in [0.05, 0.1) is 21.7 Å². The number of nitrogens with zero attached hydrogens (tertiary/aromatic N) is 2. The van der Waals surface area contributed by atoms with Gasteiger partial charge in [0, 0.05) is 17.8 Å². The molecule has 0 aliphatic carbocycles. The molecule has 27 heavy (non-hydrogen) atoms. The van der Waals surface area contributed by atoms with E-state index in [0.717, 1.165) is 0 Å². The molecule has 2 heterocycles. The first-order valence-corrected chi connectivity index (χ1v) is 9.16. The quantitative estimate of drug-likeness (QED) is 0.623. The zero-order valence-electron chi connectivity index (χ0n) is 15.0. The number of hydrogen-bond donors (Lipinski definition) is 4. The van der Waals surface area contributed by atoms with E-state index in [1.165, 1.54) is 4.68 Å². The van der Waals surface area contributed by atoms with Crippen molar-refractivity contribution in [3.05, 3.63) is 40.0 Å². The second kappa shape index (κ2) is 7.75. The molecule has 3 rings (SSSR count). The number of carbonyl (C=O) groups excluding carboxylic acids is 2. The molecule has 10 heteroatoms. The van der Waals surface area contributed by atoms with Crippen molar-refractivity contribution < 1.29 is 9.59 Å². The molecule has 1 fully saturated rings. The van der Waals surface area contributed by atoms with Crippen LogP contribution in [0.1, 0.15) is 25.8 Å². The molecule has 144 valence electrons. The summed E-state index contributed by atoms with van der Waals surface area (Å²) < 4.78 is 1.53. The Bertz CT molecular complexity index is 884. The van der Waals surface area contributed by atoms with Crippen LogP contribution in [0.15, 0.2) is 24.3 Å². The number of benzene rings is 1. The van der Waals surface area contributed by atoms with Crippen LogP contribution in [-0.2, 0) is 4.79 Å². The number of anilines is 2. The number of aryl methyl sites for hydroxylation is 1. The van der Waals surface area contributed by atoms with Gasteiger partial charge in [-0.15, -0.1) is 0 Å². The second-order valence-corrected chi connectivity index (χ2v) is 7.29. The Morgan fingerprint density at radius 3 is 2.59 bits per heavy atom. The highest BCUT2D eigenvalue weighted by Gasteiger charge is 2.32. The van der Waals surface area contributed by atoms with Crippen LogP contribution in [0.4, 0.5) is 16.3 Å². The molecule has 0 radical (unpaired) electrons. The van der Waals surface area contributed by atoms with Crippen LogP contribution in [0, 0.1) is 12.8 Å². The van der Waals surface area contributed by atoms with Crippen LogP contribution in [0.25, 0.3) is 0 Å². The lowest BCUT2D eigenvalue weighted by Gasteiger charge is -2.34. The lowest BCUT2D eigenvalue weighted by atomic mass is 10.0. The molecule has 1 aliphatic rings. The van der Waals surface area contributed by atoms with E-state index in [1.807, 2.05) is 13.8 Å². The van der Waals surface area contributed by atoms with Crippen molar-refractivity contribution in [1.29, 1.82) is 0 Å². The Hall–Kier alpha value is -2.29. The van der Waals surface area contributed by atoms with E-state index in [-0.39, 0.29) is 17.9 Å². The fourth-order valence-electron chi connectivity index (χ4n) is 2.72. The number of rotatable bonds is 3. The van der Waals surface area contributed by atoms with E-state index in [0.29, 0.717) is 27.2 Å². The average molecular weight is 411 g/mol. The molecule has 1 aromatic carbocycles. The molecule has 3 amide bonds. The van der Waals surface area contributed by atoms with Crippen LogP contribution < -0.4 is 21.3 Å². The lowest BCUT2D eigenvalue weighted by Crippen LogP contribution is -2.57. The normalized spacial score (nSPS) is 22.3. The molecule has 1 saturated heterocycles. The second-order valence-electron chi connectivity index (χ2n) is 6.48. The van der Waals surface area contributed by atoms with Crippen LogP contribution in [-0.4, -0.2) is 27.8 Å². The maximum atomic E-state index is 12.4. The van der Waals surface area contributed by atoms with Crippen LogP contribution in [0.3, 0.4) is 0 Å². The number of hydrogen-bond acceptors (Lipinski definition) is 4. The highest BCUT2D eigenvalue weighted by atomic mass is 35.5. The predicted octanol–water partition coefficient (Wildman–Crippen LogP) is 3.34. The van der Waals surface area contributed by atoms with Gasteiger partial charge >= 0.3 is 6.03 Å². The summed E-state index contributed by atoms with van der Waals surface area (Å²) in [5, 5.41) is 16.6. The van der Waals surface area contributed by atoms with E-state index < -0.39 is 12.3 Å². The van der Waals surface area contributed by atoms with E-state index in [9.17, 15) is 9.59 Å². The van der Waals surface area contributed by atoms with E-state index in [2.05, 4.69) is 26.4 Å². The zero-order valence-corrected chi connectivity index (χ0v) is 16.5. The Labute approximate surface area is 166 Å². The first-order chi connectivity index (χ1) is 12.7. The third kappa shape index (κ3) is 4.35. The van der Waals surface area contributed by atoms with Gasteiger partial charge in [-0.05, 0) is 32.0 Å². The Kier molecular flexibility index (Phi) is 5.59. The van der Waals surface area contributed by atoms with Crippen molar-refractivity contribution in [2.24, 2.45) is 5.92 Å². The van der Waals surface area contributed by atoms with Crippen molar-refractivity contribution in [3.8, 4) is 0 Å². The highest BCUT2D eigenvalue weighted by Crippen LogP contribution is 2.25. The zero-order chi connectivity index (χ0) is 19.7. The summed E-state index contributed by atoms with van der Waals surface area (Å²) in [5.41, 5.74) is 1.19. The summed E-state index contributed by atoms with van der Waals surface area (Å²) in [6.45, 7) is 5.58. The minimum absolute atomic E-state index is 0.0360. The van der Waals surface area contributed by atoms with Crippen LogP contribution in [0.5, 0.6) is 0 Å². The average Bonchev–Trinajstić information content (AvgIpc) is 2.95. The molecule has 3 atom stereocenters. The summed E-state index contributed by atoms with van der Waals surface area (Å²) in [4.78, 5) is 24.5. The molecule has 1 aromatic heterocycles. The van der Waals surface area contributed by atoms with Crippen LogP contribution in [0.2, 0.25) is 10.0 Å². The van der Waals surface area contributed by atoms with Gasteiger partial charge in [0.2, 0.25) is 5.91 Å². The minimum Gasteiger partial charge on any atom is -0.322 e. The summed E-state index contributed by atoms with van der Waals surface area (Å²) in [6.07, 6.45) is -0.558. The number of halogens is 2. The molecule has 4 N–H and O–H groups in total. The standard InChI is InChI=1S/C17H20Cl2N6O2/c1-8-6-14(22-17(27)21-11-4-5-12(18)13(19)7-11)25(24-8)16-20-10(3)9(2)15(26)23-16/h4-7,9-10,16,20H,1-3H3,(H,23,26)(H2,21,22,27). The molecule has 0 saturated carbocycles. The fraction of sp³-hybridized carbons (Fsp3) is 0.353. The van der Waals surface area contributed by atoms with Gasteiger partial charge in [-0.25, -0.2) is 9.48 Å². The minimum atomic E-state index is -0.558. The maximum Gasteiger partial charge on any atom is 0.324 e. The van der Waals surface area contributed by atoms with Crippen molar-refractivity contribution in [2.75, 3.05) is 10.6 Å². The van der Waals surface area contributed by atoms with E-state index in [4.69, 9.17) is 23.2 Å². The van der Waals surface area contributed by atoms with Crippen molar-refractivity contribution in [1.82, 2.24) is 20.4 Å². The first-order valence-electron chi connectivity index (χ1n) is 8.40. The van der Waals surface area contributed by atoms with E-state index in [1.54, 1.807) is 31.2 Å². The number of nitrogens with one attached hydrogen (secondary N) is 4. The Morgan fingerprint density at radius 2 is 1.93 bits per heavy atom. The largest absolute Gasteiger partial charge is 0.324 e. The Balaban J connectivity index is 1.74. The van der Waals surface area contributed by atoms with Crippen molar-refractivity contribution in [3.63, 3.8) is 0 Å². The number of amides is 3. The predicted molar refractivity (Wildman–Crippen MR) is 105 cm³/mol. The van der Waals surface area contributed by atoms with Gasteiger partial charge in [-0.1, -0.05) is 30.1 Å². The number of carbonyl (C=O) groups is 2. The number of urea groups is 1. The summed E-state index contributed by atoms with van der Waals surface area (Å²) >= 11 is 11.8. The van der Waals surface area contributed by atoms with Gasteiger partial charge in [0.15, 0.2) is 6.29 Å². The molecular weight excluding hydrogens is 391 g/mol. The third-order valence-corrected chi connectivity index (χ3v) is 5.12. The molecule has 0 bridgehead atoms. The topological polar surface area (TPSA) is 100 Å². The molecule has 1 aliphatic heterocycles. The van der Waals surface area contributed by atoms with Gasteiger partial charge in [-0.3, -0.25) is 15.4 Å². The SMILES string of the molecule is Cc1cc(NC(=O)Nc2ccc(Cl)c(Cl)c2)n(C2NC(=O)C(C)C(C)N2)n1. The smallest absolute Gasteiger partial charge is 0.322 e. The molecule has 8 nitrogen and oxygen atoms in total. The third-order valence-electron chi connectivity index (χ3n) is 4.38.